The molecule has 2 N–H and O–H groups in total. The number of nitrogens with zero attached hydrogens (tertiary/aromatic N) is 10. The first-order valence-electron chi connectivity index (χ1n) is 24.2. The molecule has 0 aliphatic carbocycles. The molecule has 0 spiro atoms. The second kappa shape index (κ2) is 21.0. The molecule has 8 aromatic rings. The van der Waals surface area contributed by atoms with Crippen molar-refractivity contribution in [1.82, 2.24) is 39.3 Å². The topological polar surface area (TPSA) is 210 Å². The Labute approximate surface area is 435 Å². The van der Waals surface area contributed by atoms with Gasteiger partial charge in [0.25, 0.3) is 11.8 Å². The van der Waals surface area contributed by atoms with Gasteiger partial charge in [-0.15, -0.1) is 0 Å². The molecular formula is C52H54N12O7S3. The summed E-state index contributed by atoms with van der Waals surface area (Å²) < 4.78 is 37.6. The molecule has 2 fully saturated rings. The fourth-order valence-electron chi connectivity index (χ4n) is 9.35. The minimum Gasteiger partial charge on any atom is -0.497 e. The molecule has 382 valence electrons. The summed E-state index contributed by atoms with van der Waals surface area (Å²) in [5.74, 6) is -0.220. The quantitative estimate of drug-likeness (QED) is 0.113. The summed E-state index contributed by atoms with van der Waals surface area (Å²) in [5, 5.41) is 15.8. The number of amides is 4. The van der Waals surface area contributed by atoms with Crippen LogP contribution in [0.2, 0.25) is 0 Å². The lowest BCUT2D eigenvalue weighted by Gasteiger charge is -2.36. The number of fused-ring (bicyclic) bond motifs is 2. The van der Waals surface area contributed by atoms with E-state index in [-0.39, 0.29) is 53.8 Å². The number of ether oxygens (including phenoxy) is 1. The first kappa shape index (κ1) is 49.9. The smallest absolute Gasteiger partial charge is 0.259 e. The molecule has 4 aromatic carbocycles. The number of rotatable bonds is 15. The molecule has 74 heavy (non-hydrogen) atoms. The van der Waals surface area contributed by atoms with Crippen LogP contribution in [0.25, 0.3) is 20.4 Å². The Morgan fingerprint density at radius 2 is 1.11 bits per heavy atom. The van der Waals surface area contributed by atoms with E-state index in [0.29, 0.717) is 95.4 Å². The third kappa shape index (κ3) is 10.8. The van der Waals surface area contributed by atoms with E-state index < -0.39 is 9.84 Å². The summed E-state index contributed by atoms with van der Waals surface area (Å²) >= 11 is 2.56. The van der Waals surface area contributed by atoms with Gasteiger partial charge in [-0.25, -0.2) is 18.4 Å². The molecule has 0 saturated carbocycles. The lowest BCUT2D eigenvalue weighted by atomic mass is 10.1. The summed E-state index contributed by atoms with van der Waals surface area (Å²) in [5.41, 5.74) is 6.91. The van der Waals surface area contributed by atoms with E-state index in [2.05, 4.69) is 40.6 Å². The Morgan fingerprint density at radius 3 is 1.64 bits per heavy atom. The van der Waals surface area contributed by atoms with Crippen molar-refractivity contribution in [2.75, 3.05) is 85.7 Å². The number of sulfone groups is 1. The lowest BCUT2D eigenvalue weighted by Crippen LogP contribution is -2.50. The zero-order valence-electron chi connectivity index (χ0n) is 41.3. The van der Waals surface area contributed by atoms with Crippen LogP contribution in [0.4, 0.5) is 21.6 Å². The Kier molecular flexibility index (Phi) is 14.2. The third-order valence-electron chi connectivity index (χ3n) is 13.3. The largest absolute Gasteiger partial charge is 0.497 e. The predicted molar refractivity (Wildman–Crippen MR) is 287 cm³/mol. The molecule has 0 atom stereocenters. The molecule has 19 nitrogen and oxygen atoms in total. The highest BCUT2D eigenvalue weighted by molar-refractivity contribution is 7.91. The molecule has 0 radical (unpaired) electrons. The van der Waals surface area contributed by atoms with Gasteiger partial charge in [-0.1, -0.05) is 46.9 Å². The molecular weight excluding hydrogens is 1000 g/mol. The van der Waals surface area contributed by atoms with Crippen LogP contribution >= 0.6 is 22.7 Å². The highest BCUT2D eigenvalue weighted by atomic mass is 32.2. The molecule has 10 rings (SSSR count). The number of methoxy groups -OCH3 is 1. The standard InChI is InChI=1S/C52H54N12O7S3/c1-33-27-34(2)63(57-33)31-47(65)61-22-18-59(19-23-61)44-12-8-6-10-40(44)50(68)56-52-54-42-16-14-38(30-46(42)73-52)74(69,70)26-17-36-28-35(3)64(58-36)32-48(66)62-24-20-60(21-25-62)43-11-7-5-9-39(43)49(67)55-51-53-41-15-13-37(71-4)29-45(41)72-51/h5-16,27-30H,17-26,31-32H2,1-4H3,(H,53,55,67)(H,54,56,68). The van der Waals surface area contributed by atoms with E-state index in [1.807, 2.05) is 80.3 Å². The number of aromatic nitrogens is 6. The van der Waals surface area contributed by atoms with Crippen molar-refractivity contribution < 1.29 is 32.3 Å². The summed E-state index contributed by atoms with van der Waals surface area (Å²) in [6, 6.07) is 28.8. The van der Waals surface area contributed by atoms with Crippen molar-refractivity contribution in [1.29, 1.82) is 0 Å². The second-order valence-electron chi connectivity index (χ2n) is 18.3. The number of aryl methyl sites for hydroxylation is 4. The van der Waals surface area contributed by atoms with Crippen LogP contribution in [-0.2, 0) is 38.9 Å². The van der Waals surface area contributed by atoms with Crippen LogP contribution in [0.3, 0.4) is 0 Å². The Balaban J connectivity index is 0.709. The van der Waals surface area contributed by atoms with Gasteiger partial charge >= 0.3 is 0 Å². The van der Waals surface area contributed by atoms with Crippen molar-refractivity contribution in [2.45, 2.75) is 45.2 Å². The number of piperazine rings is 2. The van der Waals surface area contributed by atoms with Gasteiger partial charge in [0.2, 0.25) is 11.8 Å². The van der Waals surface area contributed by atoms with Crippen molar-refractivity contribution in [3.05, 3.63) is 131 Å². The maximum atomic E-state index is 13.8. The van der Waals surface area contributed by atoms with Gasteiger partial charge in [0, 0.05) is 81.5 Å². The van der Waals surface area contributed by atoms with Crippen molar-refractivity contribution >= 4 is 98.2 Å². The van der Waals surface area contributed by atoms with Crippen molar-refractivity contribution in [3.8, 4) is 5.75 Å². The SMILES string of the molecule is COc1ccc2nc(NC(=O)c3ccccc3N3CCN(C(=O)Cn4nc(CCS(=O)(=O)c5ccc6nc(NC(=O)c7ccccc7N7CCN(C(=O)Cn8nc(C)cc8C)CC7)sc6c5)cc4C)CC3)sc2c1. The second-order valence-corrected chi connectivity index (χ2v) is 22.4. The number of para-hydroxylation sites is 2. The molecule has 4 amide bonds. The van der Waals surface area contributed by atoms with Gasteiger partial charge in [-0.05, 0) is 93.6 Å². The number of benzene rings is 4. The summed E-state index contributed by atoms with van der Waals surface area (Å²) in [4.78, 5) is 71.1. The van der Waals surface area contributed by atoms with Crippen molar-refractivity contribution in [2.24, 2.45) is 0 Å². The average Bonchev–Trinajstić information content (AvgIpc) is 4.18. The van der Waals surface area contributed by atoms with Crippen LogP contribution in [0, 0.1) is 20.8 Å². The van der Waals surface area contributed by atoms with Crippen LogP contribution < -0.4 is 25.2 Å². The molecule has 6 heterocycles. The fraction of sp³-hybridized carbons (Fsp3) is 0.308. The van der Waals surface area contributed by atoms with Gasteiger partial charge in [-0.3, -0.25) is 39.2 Å². The number of carbonyl (C=O) groups excluding carboxylic acids is 4. The molecule has 0 bridgehead atoms. The minimum absolute atomic E-state index is 0.00104. The first-order chi connectivity index (χ1) is 35.7. The van der Waals surface area contributed by atoms with E-state index >= 15 is 0 Å². The molecule has 22 heteroatoms. The fourth-order valence-corrected chi connectivity index (χ4v) is 12.5. The number of hydrogen-bond acceptors (Lipinski definition) is 15. The number of nitrogens with one attached hydrogen (secondary N) is 2. The van der Waals surface area contributed by atoms with Gasteiger partial charge in [0.15, 0.2) is 20.1 Å². The zero-order valence-corrected chi connectivity index (χ0v) is 43.7. The number of anilines is 4. The minimum atomic E-state index is -3.76. The van der Waals surface area contributed by atoms with Crippen molar-refractivity contribution in [3.63, 3.8) is 0 Å². The number of carbonyl (C=O) groups is 4. The van der Waals surface area contributed by atoms with Crippen LogP contribution in [0.15, 0.2) is 102 Å². The Morgan fingerprint density at radius 1 is 0.608 bits per heavy atom. The van der Waals surface area contributed by atoms with E-state index in [1.54, 1.807) is 57.8 Å². The monoisotopic (exact) mass is 1050 g/mol. The zero-order chi connectivity index (χ0) is 51.7. The van der Waals surface area contributed by atoms with E-state index in [4.69, 9.17) is 4.74 Å². The van der Waals surface area contributed by atoms with E-state index in [0.717, 1.165) is 38.7 Å². The Bertz CT molecular complexity index is 3550. The molecule has 2 aliphatic rings. The lowest BCUT2D eigenvalue weighted by molar-refractivity contribution is -0.133. The Hall–Kier alpha value is -7.69. The van der Waals surface area contributed by atoms with Gasteiger partial charge in [0.1, 0.15) is 18.8 Å². The van der Waals surface area contributed by atoms with Crippen LogP contribution in [-0.4, -0.2) is 137 Å². The summed E-state index contributed by atoms with van der Waals surface area (Å²) in [6.07, 6.45) is 0.140. The number of thiazole rings is 2. The normalized spacial score (nSPS) is 14.2. The van der Waals surface area contributed by atoms with Gasteiger partial charge in [0.05, 0.1) is 60.7 Å². The maximum absolute atomic E-state index is 13.8. The first-order valence-corrected chi connectivity index (χ1v) is 27.4. The molecule has 4 aromatic heterocycles. The van der Waals surface area contributed by atoms with Gasteiger partial charge < -0.3 is 24.3 Å². The molecule has 2 saturated heterocycles. The summed E-state index contributed by atoms with van der Waals surface area (Å²) in [6.45, 7) is 9.93. The van der Waals surface area contributed by atoms with Crippen LogP contribution in [0.1, 0.15) is 43.5 Å². The molecule has 2 aliphatic heterocycles. The molecule has 0 unspecified atom stereocenters. The van der Waals surface area contributed by atoms with Crippen LogP contribution in [0.5, 0.6) is 5.75 Å². The predicted octanol–water partition coefficient (Wildman–Crippen LogP) is 6.45. The van der Waals surface area contributed by atoms with Gasteiger partial charge in [-0.2, -0.15) is 10.2 Å². The highest BCUT2D eigenvalue weighted by Crippen LogP contribution is 2.33. The summed E-state index contributed by atoms with van der Waals surface area (Å²) in [7, 11) is -2.15. The highest BCUT2D eigenvalue weighted by Gasteiger charge is 2.28. The maximum Gasteiger partial charge on any atom is 0.259 e. The average molecular weight is 1060 g/mol. The number of hydrogen-bond donors (Lipinski definition) is 2. The third-order valence-corrected chi connectivity index (χ3v) is 16.9. The van der Waals surface area contributed by atoms with E-state index in [1.165, 1.54) is 28.7 Å². The van der Waals surface area contributed by atoms with E-state index in [9.17, 15) is 27.6 Å².